The standard InChI is InChI=1S/C65H110O6/c1-4-7-10-13-16-19-22-25-27-29-31-32-34-35-37-40-43-46-49-52-55-58-64(67)70-61-62(60-69-63(66)57-54-51-48-45-42-39-24-21-18-15-12-9-6-3)71-65(68)59-56-53-50-47-44-41-38-36-33-30-28-26-23-20-17-14-11-8-5-2/h8,11,17,20-21,24,26,28-29,31,33,36,41,44,50,53,62H,4-7,9-10,12-16,18-19,22-23,25,27,30,32,34-35,37-40,42-43,45-49,51-52,54-61H2,1-3H3/b11-8-,20-17-,24-21-,28-26-,31-29-,36-33-,44-41-,53-50-. The molecule has 1 atom stereocenters. The van der Waals surface area contributed by atoms with E-state index < -0.39 is 12.1 Å². The Hall–Kier alpha value is -3.67. The van der Waals surface area contributed by atoms with Crippen molar-refractivity contribution in [3.8, 4) is 0 Å². The van der Waals surface area contributed by atoms with E-state index in [4.69, 9.17) is 14.2 Å². The fourth-order valence-corrected chi connectivity index (χ4v) is 8.11. The zero-order valence-electron chi connectivity index (χ0n) is 46.5. The predicted octanol–water partition coefficient (Wildman–Crippen LogP) is 20.1. The second-order valence-corrected chi connectivity index (χ2v) is 19.5. The third-order valence-electron chi connectivity index (χ3n) is 12.6. The Balaban J connectivity index is 4.46. The van der Waals surface area contributed by atoms with Crippen molar-refractivity contribution in [1.82, 2.24) is 0 Å². The average Bonchev–Trinajstić information content (AvgIpc) is 3.37. The van der Waals surface area contributed by atoms with Gasteiger partial charge < -0.3 is 14.2 Å². The average molecular weight is 988 g/mol. The molecule has 0 saturated heterocycles. The van der Waals surface area contributed by atoms with E-state index in [1.54, 1.807) is 0 Å². The second-order valence-electron chi connectivity index (χ2n) is 19.5. The van der Waals surface area contributed by atoms with Gasteiger partial charge in [-0.15, -0.1) is 0 Å². The highest BCUT2D eigenvalue weighted by Gasteiger charge is 2.19. The highest BCUT2D eigenvalue weighted by atomic mass is 16.6. The molecule has 0 amide bonds. The molecule has 0 N–H and O–H groups in total. The SMILES string of the molecule is CC/C=C\C/C=C\C/C=C\C/C=C\C/C=C\C/C=C\CCC(=O)OC(COC(=O)CCCCCCC/C=C\CCCCCC)COC(=O)CCCCCCCCCCC/C=C\CCCCCCCCCC. The van der Waals surface area contributed by atoms with Crippen molar-refractivity contribution in [2.24, 2.45) is 0 Å². The summed E-state index contributed by atoms with van der Waals surface area (Å²) in [4.78, 5) is 38.1. The smallest absolute Gasteiger partial charge is 0.306 e. The van der Waals surface area contributed by atoms with Gasteiger partial charge in [0, 0.05) is 19.3 Å². The molecule has 0 aromatic carbocycles. The minimum Gasteiger partial charge on any atom is -0.462 e. The first-order chi connectivity index (χ1) is 35.0. The zero-order chi connectivity index (χ0) is 51.4. The first-order valence-corrected chi connectivity index (χ1v) is 29.7. The molecular formula is C65H110O6. The van der Waals surface area contributed by atoms with Crippen LogP contribution in [0.2, 0.25) is 0 Å². The number of carbonyl (C=O) groups is 3. The summed E-state index contributed by atoms with van der Waals surface area (Å²) in [6.07, 6.45) is 78.4. The minimum atomic E-state index is -0.823. The van der Waals surface area contributed by atoms with Gasteiger partial charge in [0.15, 0.2) is 6.10 Å². The molecule has 0 aliphatic rings. The summed E-state index contributed by atoms with van der Waals surface area (Å²) < 4.78 is 16.8. The van der Waals surface area contributed by atoms with Crippen molar-refractivity contribution < 1.29 is 28.6 Å². The number of esters is 3. The molecule has 0 heterocycles. The zero-order valence-corrected chi connectivity index (χ0v) is 46.5. The van der Waals surface area contributed by atoms with Crippen LogP contribution in [-0.2, 0) is 28.6 Å². The summed E-state index contributed by atoms with van der Waals surface area (Å²) in [5.74, 6) is -1.00. The van der Waals surface area contributed by atoms with Crippen LogP contribution in [-0.4, -0.2) is 37.2 Å². The van der Waals surface area contributed by atoms with Gasteiger partial charge in [-0.3, -0.25) is 14.4 Å². The summed E-state index contributed by atoms with van der Waals surface area (Å²) in [5, 5.41) is 0. The molecule has 0 spiro atoms. The second kappa shape index (κ2) is 58.9. The van der Waals surface area contributed by atoms with E-state index in [-0.39, 0.29) is 31.6 Å². The minimum absolute atomic E-state index is 0.111. The molecule has 0 bridgehead atoms. The number of ether oxygens (including phenoxy) is 3. The van der Waals surface area contributed by atoms with Crippen molar-refractivity contribution in [2.75, 3.05) is 13.2 Å². The van der Waals surface area contributed by atoms with Gasteiger partial charge >= 0.3 is 17.9 Å². The van der Waals surface area contributed by atoms with Crippen molar-refractivity contribution in [3.63, 3.8) is 0 Å². The van der Waals surface area contributed by atoms with Gasteiger partial charge in [0.2, 0.25) is 0 Å². The summed E-state index contributed by atoms with van der Waals surface area (Å²) in [6, 6.07) is 0. The van der Waals surface area contributed by atoms with E-state index in [1.807, 2.05) is 6.08 Å². The van der Waals surface area contributed by atoms with Crippen molar-refractivity contribution >= 4 is 17.9 Å². The summed E-state index contributed by atoms with van der Waals surface area (Å²) in [5.41, 5.74) is 0. The Kier molecular flexibility index (Phi) is 55.9. The maximum Gasteiger partial charge on any atom is 0.306 e. The molecule has 71 heavy (non-hydrogen) atoms. The molecule has 0 rings (SSSR count). The maximum atomic E-state index is 12.8. The molecular weight excluding hydrogens is 877 g/mol. The number of carbonyl (C=O) groups excluding carboxylic acids is 3. The number of hydrogen-bond acceptors (Lipinski definition) is 6. The lowest BCUT2D eigenvalue weighted by Gasteiger charge is -2.18. The third kappa shape index (κ3) is 57.1. The Morgan fingerprint density at radius 2 is 0.577 bits per heavy atom. The number of rotatable bonds is 53. The number of allylic oxidation sites excluding steroid dienone is 16. The molecule has 0 radical (unpaired) electrons. The van der Waals surface area contributed by atoms with Gasteiger partial charge in [0.25, 0.3) is 0 Å². The van der Waals surface area contributed by atoms with Crippen LogP contribution in [0.4, 0.5) is 0 Å². The van der Waals surface area contributed by atoms with Crippen LogP contribution in [0.5, 0.6) is 0 Å². The molecule has 0 aromatic heterocycles. The highest BCUT2D eigenvalue weighted by Crippen LogP contribution is 2.15. The van der Waals surface area contributed by atoms with Crippen LogP contribution in [0.15, 0.2) is 97.2 Å². The van der Waals surface area contributed by atoms with Crippen LogP contribution >= 0.6 is 0 Å². The maximum absolute atomic E-state index is 12.8. The molecule has 0 aliphatic heterocycles. The van der Waals surface area contributed by atoms with Crippen molar-refractivity contribution in [1.29, 1.82) is 0 Å². The first-order valence-electron chi connectivity index (χ1n) is 29.7. The number of hydrogen-bond donors (Lipinski definition) is 0. The van der Waals surface area contributed by atoms with Gasteiger partial charge in [0.1, 0.15) is 13.2 Å². The normalized spacial score (nSPS) is 12.8. The van der Waals surface area contributed by atoms with Gasteiger partial charge in [-0.05, 0) is 109 Å². The lowest BCUT2D eigenvalue weighted by Crippen LogP contribution is -2.30. The fourth-order valence-electron chi connectivity index (χ4n) is 8.11. The Labute approximate surface area is 438 Å². The van der Waals surface area contributed by atoms with Crippen LogP contribution in [0, 0.1) is 0 Å². The first kappa shape index (κ1) is 67.3. The topological polar surface area (TPSA) is 78.9 Å². The molecule has 1 unspecified atom stereocenters. The Bertz CT molecular complexity index is 1410. The molecule has 6 heteroatoms. The number of unbranched alkanes of at least 4 members (excludes halogenated alkanes) is 26. The van der Waals surface area contributed by atoms with Crippen LogP contribution in [0.3, 0.4) is 0 Å². The van der Waals surface area contributed by atoms with E-state index in [0.717, 1.165) is 89.9 Å². The molecule has 0 saturated carbocycles. The van der Waals surface area contributed by atoms with Crippen molar-refractivity contribution in [3.05, 3.63) is 97.2 Å². The molecule has 6 nitrogen and oxygen atoms in total. The van der Waals surface area contributed by atoms with E-state index >= 15 is 0 Å². The van der Waals surface area contributed by atoms with Gasteiger partial charge in [-0.1, -0.05) is 246 Å². The van der Waals surface area contributed by atoms with E-state index in [0.29, 0.717) is 19.3 Å². The van der Waals surface area contributed by atoms with Crippen LogP contribution in [0.1, 0.15) is 278 Å². The Morgan fingerprint density at radius 3 is 0.930 bits per heavy atom. The van der Waals surface area contributed by atoms with Gasteiger partial charge in [-0.2, -0.15) is 0 Å². The predicted molar refractivity (Wildman–Crippen MR) is 307 cm³/mol. The summed E-state index contributed by atoms with van der Waals surface area (Å²) in [6.45, 7) is 6.45. The lowest BCUT2D eigenvalue weighted by molar-refractivity contribution is -0.166. The van der Waals surface area contributed by atoms with Gasteiger partial charge in [0.05, 0.1) is 0 Å². The van der Waals surface area contributed by atoms with Crippen molar-refractivity contribution in [2.45, 2.75) is 284 Å². The monoisotopic (exact) mass is 987 g/mol. The van der Waals surface area contributed by atoms with E-state index in [1.165, 1.54) is 141 Å². The quantitative estimate of drug-likeness (QED) is 0.0261. The summed E-state index contributed by atoms with van der Waals surface area (Å²) >= 11 is 0. The molecule has 406 valence electrons. The molecule has 0 fully saturated rings. The van der Waals surface area contributed by atoms with Crippen LogP contribution in [0.25, 0.3) is 0 Å². The fraction of sp³-hybridized carbons (Fsp3) is 0.708. The lowest BCUT2D eigenvalue weighted by atomic mass is 10.1. The van der Waals surface area contributed by atoms with E-state index in [2.05, 4.69) is 112 Å². The van der Waals surface area contributed by atoms with E-state index in [9.17, 15) is 14.4 Å². The largest absolute Gasteiger partial charge is 0.462 e. The Morgan fingerprint density at radius 1 is 0.296 bits per heavy atom. The molecule has 0 aliphatic carbocycles. The van der Waals surface area contributed by atoms with Gasteiger partial charge in [-0.25, -0.2) is 0 Å². The third-order valence-corrected chi connectivity index (χ3v) is 12.6. The van der Waals surface area contributed by atoms with Crippen LogP contribution < -0.4 is 0 Å². The highest BCUT2D eigenvalue weighted by molar-refractivity contribution is 5.71. The molecule has 0 aromatic rings. The summed E-state index contributed by atoms with van der Waals surface area (Å²) in [7, 11) is 0.